The Morgan fingerprint density at radius 2 is 1.96 bits per heavy atom. The van der Waals surface area contributed by atoms with Gasteiger partial charge in [0.2, 0.25) is 0 Å². The van der Waals surface area contributed by atoms with Crippen LogP contribution in [0.1, 0.15) is 25.7 Å². The zero-order valence-corrected chi connectivity index (χ0v) is 13.0. The van der Waals surface area contributed by atoms with Crippen LogP contribution in [-0.2, 0) is 6.54 Å². The van der Waals surface area contributed by atoms with E-state index < -0.39 is 0 Å². The van der Waals surface area contributed by atoms with Crippen LogP contribution in [0, 0.1) is 5.82 Å². The second-order valence-corrected chi connectivity index (χ2v) is 5.56. The number of hydrogen-bond donors (Lipinski definition) is 1. The van der Waals surface area contributed by atoms with Crippen molar-refractivity contribution in [3.05, 3.63) is 42.6 Å². The summed E-state index contributed by atoms with van der Waals surface area (Å²) in [5.41, 5.74) is 7.82. The van der Waals surface area contributed by atoms with Crippen molar-refractivity contribution in [2.45, 2.75) is 32.2 Å². The van der Waals surface area contributed by atoms with Gasteiger partial charge < -0.3 is 5.73 Å². The van der Waals surface area contributed by atoms with Crippen molar-refractivity contribution >= 4 is 11.0 Å². The molecule has 0 fully saturated rings. The Bertz CT molecular complexity index is 784. The topological polar surface area (TPSA) is 69.6 Å². The summed E-state index contributed by atoms with van der Waals surface area (Å²) in [4.78, 5) is 8.65. The Morgan fingerprint density at radius 3 is 2.83 bits per heavy atom. The van der Waals surface area contributed by atoms with Crippen LogP contribution in [0.2, 0.25) is 0 Å². The molecule has 0 radical (unpaired) electrons. The zero-order valence-electron chi connectivity index (χ0n) is 13.0. The summed E-state index contributed by atoms with van der Waals surface area (Å²) in [7, 11) is 0. The largest absolute Gasteiger partial charge is 0.330 e. The highest BCUT2D eigenvalue weighted by molar-refractivity contribution is 5.77. The summed E-state index contributed by atoms with van der Waals surface area (Å²) in [5, 5.41) is 4.34. The van der Waals surface area contributed by atoms with Crippen molar-refractivity contribution in [1.82, 2.24) is 19.7 Å². The van der Waals surface area contributed by atoms with Gasteiger partial charge in [0, 0.05) is 18.3 Å². The predicted molar refractivity (Wildman–Crippen MR) is 88.2 cm³/mol. The smallest absolute Gasteiger partial charge is 0.151 e. The Balaban J connectivity index is 1.71. The van der Waals surface area contributed by atoms with Crippen LogP contribution < -0.4 is 5.73 Å². The third-order valence-electron chi connectivity index (χ3n) is 3.79. The van der Waals surface area contributed by atoms with Crippen molar-refractivity contribution in [3.8, 4) is 11.3 Å². The second-order valence-electron chi connectivity index (χ2n) is 5.56. The standard InChI is InChI=1S/C17H20FN5/c18-14-6-5-7-15-17(14)22-16(11-20-15)13-10-21-23(12-13)9-4-2-1-3-8-19/h5-7,10-12H,1-4,8-9,19H2. The molecule has 0 aliphatic carbocycles. The highest BCUT2D eigenvalue weighted by atomic mass is 19.1. The Labute approximate surface area is 134 Å². The van der Waals surface area contributed by atoms with Gasteiger partial charge >= 0.3 is 0 Å². The maximum atomic E-state index is 13.8. The molecule has 2 heterocycles. The lowest BCUT2D eigenvalue weighted by atomic mass is 10.2. The van der Waals surface area contributed by atoms with E-state index in [0.29, 0.717) is 16.7 Å². The van der Waals surface area contributed by atoms with Gasteiger partial charge in [-0.3, -0.25) is 9.67 Å². The molecule has 0 aliphatic rings. The van der Waals surface area contributed by atoms with E-state index in [1.54, 1.807) is 24.5 Å². The zero-order chi connectivity index (χ0) is 16.1. The minimum absolute atomic E-state index is 0.291. The van der Waals surface area contributed by atoms with Gasteiger partial charge in [-0.25, -0.2) is 9.37 Å². The molecule has 6 heteroatoms. The third kappa shape index (κ3) is 3.71. The van der Waals surface area contributed by atoms with E-state index in [1.165, 1.54) is 6.07 Å². The summed E-state index contributed by atoms with van der Waals surface area (Å²) in [6, 6.07) is 4.78. The second kappa shape index (κ2) is 7.28. The summed E-state index contributed by atoms with van der Waals surface area (Å²) >= 11 is 0. The van der Waals surface area contributed by atoms with Gasteiger partial charge in [0.05, 0.1) is 23.6 Å². The SMILES string of the molecule is NCCCCCCn1cc(-c2cnc3cccc(F)c3n2)cn1. The van der Waals surface area contributed by atoms with E-state index >= 15 is 0 Å². The number of nitrogens with two attached hydrogens (primary N) is 1. The van der Waals surface area contributed by atoms with Crippen molar-refractivity contribution in [2.24, 2.45) is 5.73 Å². The van der Waals surface area contributed by atoms with Crippen LogP contribution in [0.5, 0.6) is 0 Å². The van der Waals surface area contributed by atoms with E-state index in [1.807, 2.05) is 10.9 Å². The molecular weight excluding hydrogens is 293 g/mol. The van der Waals surface area contributed by atoms with Crippen LogP contribution in [-0.4, -0.2) is 26.3 Å². The highest BCUT2D eigenvalue weighted by Crippen LogP contribution is 2.20. The molecular formula is C17H20FN5. The highest BCUT2D eigenvalue weighted by Gasteiger charge is 2.08. The van der Waals surface area contributed by atoms with Crippen molar-refractivity contribution in [3.63, 3.8) is 0 Å². The van der Waals surface area contributed by atoms with Crippen molar-refractivity contribution < 1.29 is 4.39 Å². The molecule has 0 spiro atoms. The molecule has 3 aromatic rings. The van der Waals surface area contributed by atoms with Crippen LogP contribution >= 0.6 is 0 Å². The number of aryl methyl sites for hydroxylation is 1. The molecule has 0 atom stereocenters. The lowest BCUT2D eigenvalue weighted by Gasteiger charge is -2.02. The van der Waals surface area contributed by atoms with Crippen molar-refractivity contribution in [2.75, 3.05) is 6.54 Å². The molecule has 2 aromatic heterocycles. The normalized spacial score (nSPS) is 11.2. The average molecular weight is 313 g/mol. The summed E-state index contributed by atoms with van der Waals surface area (Å²) in [6.45, 7) is 1.61. The maximum Gasteiger partial charge on any atom is 0.151 e. The number of para-hydroxylation sites is 1. The number of rotatable bonds is 7. The molecule has 3 rings (SSSR count). The molecule has 5 nitrogen and oxygen atoms in total. The monoisotopic (exact) mass is 313 g/mol. The van der Waals surface area contributed by atoms with E-state index in [9.17, 15) is 4.39 Å². The molecule has 1 aromatic carbocycles. The first-order chi connectivity index (χ1) is 11.3. The fraction of sp³-hybridized carbons (Fsp3) is 0.353. The van der Waals surface area contributed by atoms with Gasteiger partial charge in [-0.15, -0.1) is 0 Å². The number of unbranched alkanes of at least 4 members (excludes halogenated alkanes) is 3. The van der Waals surface area contributed by atoms with Crippen LogP contribution in [0.15, 0.2) is 36.8 Å². The number of benzene rings is 1. The van der Waals surface area contributed by atoms with Crippen LogP contribution in [0.3, 0.4) is 0 Å². The van der Waals surface area contributed by atoms with Crippen molar-refractivity contribution in [1.29, 1.82) is 0 Å². The molecule has 120 valence electrons. The molecule has 0 unspecified atom stereocenters. The predicted octanol–water partition coefficient (Wildman–Crippen LogP) is 3.15. The molecule has 0 saturated carbocycles. The maximum absolute atomic E-state index is 13.8. The quantitative estimate of drug-likeness (QED) is 0.680. The van der Waals surface area contributed by atoms with Gasteiger partial charge in [0.1, 0.15) is 5.52 Å². The van der Waals surface area contributed by atoms with Gasteiger partial charge in [0.25, 0.3) is 0 Å². The third-order valence-corrected chi connectivity index (χ3v) is 3.79. The minimum atomic E-state index is -0.357. The molecule has 0 amide bonds. The number of halogens is 1. The Morgan fingerprint density at radius 1 is 1.09 bits per heavy atom. The Kier molecular flexibility index (Phi) is 4.92. The number of fused-ring (bicyclic) bond motifs is 1. The average Bonchev–Trinajstić information content (AvgIpc) is 3.04. The van der Waals surface area contributed by atoms with Gasteiger partial charge in [-0.2, -0.15) is 5.10 Å². The lowest BCUT2D eigenvalue weighted by molar-refractivity contribution is 0.537. The minimum Gasteiger partial charge on any atom is -0.330 e. The molecule has 0 bridgehead atoms. The molecule has 23 heavy (non-hydrogen) atoms. The summed E-state index contributed by atoms with van der Waals surface area (Å²) in [5.74, 6) is -0.357. The molecule has 0 aliphatic heterocycles. The fourth-order valence-electron chi connectivity index (χ4n) is 2.53. The number of aromatic nitrogens is 4. The van der Waals surface area contributed by atoms with E-state index in [0.717, 1.165) is 44.3 Å². The van der Waals surface area contributed by atoms with Crippen LogP contribution in [0.25, 0.3) is 22.3 Å². The first kappa shape index (κ1) is 15.6. The lowest BCUT2D eigenvalue weighted by Crippen LogP contribution is -2.00. The molecule has 2 N–H and O–H groups in total. The number of nitrogens with zero attached hydrogens (tertiary/aromatic N) is 4. The Hall–Kier alpha value is -2.34. The van der Waals surface area contributed by atoms with Crippen LogP contribution in [0.4, 0.5) is 4.39 Å². The summed E-state index contributed by atoms with van der Waals surface area (Å²) < 4.78 is 15.7. The van der Waals surface area contributed by atoms with Gasteiger partial charge in [0.15, 0.2) is 5.82 Å². The van der Waals surface area contributed by atoms with Gasteiger partial charge in [-0.05, 0) is 31.5 Å². The first-order valence-electron chi connectivity index (χ1n) is 7.92. The van der Waals surface area contributed by atoms with Gasteiger partial charge in [-0.1, -0.05) is 18.9 Å². The molecule has 0 saturated heterocycles. The van der Waals surface area contributed by atoms with E-state index in [4.69, 9.17) is 5.73 Å². The first-order valence-corrected chi connectivity index (χ1v) is 7.92. The van der Waals surface area contributed by atoms with E-state index in [2.05, 4.69) is 15.1 Å². The van der Waals surface area contributed by atoms with E-state index in [-0.39, 0.29) is 5.82 Å². The fourth-order valence-corrected chi connectivity index (χ4v) is 2.53. The number of hydrogen-bond acceptors (Lipinski definition) is 4. The summed E-state index contributed by atoms with van der Waals surface area (Å²) in [6.07, 6.45) is 9.77.